The highest BCUT2D eigenvalue weighted by atomic mass is 35.5. The van der Waals surface area contributed by atoms with E-state index in [1.165, 1.54) is 20.8 Å². The molecule has 0 bridgehead atoms. The highest BCUT2D eigenvalue weighted by Gasteiger charge is 2.38. The first-order valence-electron chi connectivity index (χ1n) is 30.1. The Morgan fingerprint density at radius 1 is 0.591 bits per heavy atom. The van der Waals surface area contributed by atoms with Gasteiger partial charge in [0.05, 0.1) is 12.2 Å². The van der Waals surface area contributed by atoms with Gasteiger partial charge in [0.15, 0.2) is 0 Å². The molecule has 0 unspecified atom stereocenters. The van der Waals surface area contributed by atoms with Crippen molar-refractivity contribution in [3.8, 4) is 0 Å². The van der Waals surface area contributed by atoms with Crippen LogP contribution in [0, 0.1) is 5.92 Å². The molecule has 1 aliphatic rings. The number of unbranched alkanes of at least 4 members (excludes halogenated alkanes) is 4. The topological polar surface area (TPSA) is 494 Å². The predicted octanol–water partition coefficient (Wildman–Crippen LogP) is -4.89. The number of nitrogens with one attached hydrogen (secondary N) is 12. The average Bonchev–Trinajstić information content (AvgIpc) is 1.97. The molecule has 88 heavy (non-hydrogen) atoms. The van der Waals surface area contributed by atoms with Gasteiger partial charge in [-0.15, -0.1) is 12.4 Å². The number of benzene rings is 1. The van der Waals surface area contributed by atoms with Crippen LogP contribution in [0.2, 0.25) is 0 Å². The summed E-state index contributed by atoms with van der Waals surface area (Å²) in [4.78, 5) is 166. The van der Waals surface area contributed by atoms with Crippen LogP contribution in [0.5, 0.6) is 0 Å². The average molecular weight is 1270 g/mol. The summed E-state index contributed by atoms with van der Waals surface area (Å²) < 4.78 is 0. The molecule has 1 heterocycles. The maximum absolute atomic E-state index is 14.6. The van der Waals surface area contributed by atoms with Gasteiger partial charge in [0.25, 0.3) is 0 Å². The molecular formula is C57H99ClN16O14. The first-order valence-corrected chi connectivity index (χ1v) is 30.1. The Kier molecular flexibility index (Phi) is 38.3. The second kappa shape index (κ2) is 42.7. The molecule has 31 heteroatoms. The number of carbonyl (C=O) groups excluding carboxylic acids is 12. The van der Waals surface area contributed by atoms with Gasteiger partial charge < -0.3 is 96.9 Å². The van der Waals surface area contributed by atoms with Gasteiger partial charge in [-0.25, -0.2) is 0 Å². The molecule has 0 spiro atoms. The minimum atomic E-state index is -1.72. The number of amides is 12. The number of aliphatic hydroxyl groups is 2. The maximum atomic E-state index is 14.6. The van der Waals surface area contributed by atoms with E-state index in [0.717, 1.165) is 25.7 Å². The summed E-state index contributed by atoms with van der Waals surface area (Å²) in [5.74, 6) is -10.7. The Bertz CT molecular complexity index is 2410. The molecule has 22 N–H and O–H groups in total. The van der Waals surface area contributed by atoms with Crippen molar-refractivity contribution in [2.75, 3.05) is 39.3 Å². The van der Waals surface area contributed by atoms with E-state index < -0.39 is 156 Å². The van der Waals surface area contributed by atoms with E-state index in [1.54, 1.807) is 44.2 Å². The van der Waals surface area contributed by atoms with E-state index in [0.29, 0.717) is 12.0 Å². The van der Waals surface area contributed by atoms with Gasteiger partial charge in [0.1, 0.15) is 60.4 Å². The quantitative estimate of drug-likeness (QED) is 0.0321. The molecule has 1 saturated heterocycles. The van der Waals surface area contributed by atoms with Gasteiger partial charge in [-0.1, -0.05) is 76.8 Å². The van der Waals surface area contributed by atoms with Crippen molar-refractivity contribution in [2.45, 2.75) is 204 Å². The van der Waals surface area contributed by atoms with Crippen molar-refractivity contribution in [1.29, 1.82) is 0 Å². The van der Waals surface area contributed by atoms with E-state index in [1.807, 2.05) is 0 Å². The molecule has 1 aromatic rings. The number of rotatable bonds is 30. The Morgan fingerprint density at radius 2 is 1.10 bits per heavy atom. The summed E-state index contributed by atoms with van der Waals surface area (Å²) in [5, 5.41) is 52.2. The fourth-order valence-corrected chi connectivity index (χ4v) is 9.25. The van der Waals surface area contributed by atoms with Gasteiger partial charge >= 0.3 is 0 Å². The zero-order valence-electron chi connectivity index (χ0n) is 51.5. The third-order valence-corrected chi connectivity index (χ3v) is 14.1. The Labute approximate surface area is 521 Å². The van der Waals surface area contributed by atoms with E-state index in [4.69, 9.17) is 22.9 Å². The minimum absolute atomic E-state index is 0. The van der Waals surface area contributed by atoms with Gasteiger partial charge in [0, 0.05) is 32.9 Å². The zero-order valence-corrected chi connectivity index (χ0v) is 52.4. The summed E-state index contributed by atoms with van der Waals surface area (Å²) in [5.41, 5.74) is 24.1. The van der Waals surface area contributed by atoms with Crippen LogP contribution < -0.4 is 86.7 Å². The van der Waals surface area contributed by atoms with Crippen LogP contribution in [0.4, 0.5) is 0 Å². The summed E-state index contributed by atoms with van der Waals surface area (Å²) >= 11 is 0. The largest absolute Gasteiger partial charge is 0.391 e. The molecule has 1 fully saturated rings. The molecule has 1 aromatic carbocycles. The van der Waals surface area contributed by atoms with Crippen LogP contribution in [-0.4, -0.2) is 193 Å². The van der Waals surface area contributed by atoms with Crippen LogP contribution in [0.15, 0.2) is 30.3 Å². The molecule has 0 aliphatic carbocycles. The van der Waals surface area contributed by atoms with E-state index >= 15 is 0 Å². The summed E-state index contributed by atoms with van der Waals surface area (Å²) in [6, 6.07) is -6.60. The molecule has 1 aliphatic heterocycles. The smallest absolute Gasteiger partial charge is 0.245 e. The second-order valence-corrected chi connectivity index (χ2v) is 22.1. The van der Waals surface area contributed by atoms with Crippen molar-refractivity contribution in [1.82, 2.24) is 63.8 Å². The molecule has 0 radical (unpaired) electrons. The van der Waals surface area contributed by atoms with Crippen molar-refractivity contribution in [3.05, 3.63) is 35.9 Å². The number of halogens is 1. The van der Waals surface area contributed by atoms with Crippen molar-refractivity contribution in [3.63, 3.8) is 0 Å². The molecule has 0 saturated carbocycles. The van der Waals surface area contributed by atoms with E-state index in [-0.39, 0.29) is 102 Å². The van der Waals surface area contributed by atoms with Crippen LogP contribution in [0.1, 0.15) is 131 Å². The van der Waals surface area contributed by atoms with Gasteiger partial charge in [-0.05, 0) is 103 Å². The first-order chi connectivity index (χ1) is 41.3. The van der Waals surface area contributed by atoms with Gasteiger partial charge in [0.2, 0.25) is 70.9 Å². The number of aliphatic hydroxyl groups excluding tert-OH is 2. The molecular weight excluding hydrogens is 1170 g/mol. The SMILES string of the molecule is CCCCCCCC(=O)N[C@@H](CCN)C(=O)N[C@H](C(=O)N[C@@H](CCN)C(=O)N[C@H]1CCNC(=O)[C@H]([C@@H](C)O)NC(=O)[C@H](CCN)NC(=O)[C@H](CCNC(C)=O)NC(=O)[C@H](CC(C)C)NC(=O)[C@@H](Cc2ccccc2)NC(=O)[C@H](CCN)NC1=O)[C@@H](C)O.Cl. The molecule has 2 rings (SSSR count). The third kappa shape index (κ3) is 29.3. The molecule has 12 amide bonds. The van der Waals surface area contributed by atoms with Gasteiger partial charge in [-0.3, -0.25) is 57.5 Å². The first kappa shape index (κ1) is 78.9. The summed E-state index contributed by atoms with van der Waals surface area (Å²) in [6.07, 6.45) is -0.266. The Balaban J connectivity index is 0.0000387. The number of nitrogens with two attached hydrogens (primary N) is 4. The van der Waals surface area contributed by atoms with E-state index in [2.05, 4.69) is 70.7 Å². The van der Waals surface area contributed by atoms with Crippen molar-refractivity contribution < 1.29 is 67.7 Å². The van der Waals surface area contributed by atoms with Crippen LogP contribution in [0.25, 0.3) is 0 Å². The third-order valence-electron chi connectivity index (χ3n) is 14.1. The number of carbonyl (C=O) groups is 12. The van der Waals surface area contributed by atoms with Crippen molar-refractivity contribution >= 4 is 83.3 Å². The van der Waals surface area contributed by atoms with Crippen LogP contribution in [0.3, 0.4) is 0 Å². The number of hydrogen-bond donors (Lipinski definition) is 18. The highest BCUT2D eigenvalue weighted by Crippen LogP contribution is 2.12. The Hall–Kier alpha value is -7.09. The Morgan fingerprint density at radius 3 is 1.64 bits per heavy atom. The van der Waals surface area contributed by atoms with Crippen molar-refractivity contribution in [2.24, 2.45) is 28.9 Å². The molecule has 0 aromatic heterocycles. The fraction of sp³-hybridized carbons (Fsp3) is 0.684. The standard InChI is InChI=1S/C57H98N16O14.ClH/c1-7-8-9-10-14-17-45(77)64-37(18-24-58)52(82)73-47(34(5)75)57(87)69-39(20-26-60)48(78)67-42-23-29-63-56(86)46(33(4)74)72-53(83)40(21-27-61)66-50(80)41(22-28-62-35(6)76)68-54(84)43(30-32(2)3)70-55(85)44(31-36-15-12-11-13-16-36)71-49(79)38(19-25-59)65-51(42)81;/h11-13,15-16,32-34,37-44,46-47,74-75H,7-10,14,17-31,58-61H2,1-6H3,(H,62,76)(H,63,86)(H,64,77)(H,65,81)(H,66,80)(H,67,78)(H,68,84)(H,69,87)(H,70,85)(H,71,79)(H,72,83)(H,73,82);1H/t33-,34-,37+,38+,39+,40+,41+,42+,43+,44-,46+,47+;/m1./s1. The lowest BCUT2D eigenvalue weighted by Gasteiger charge is -2.29. The summed E-state index contributed by atoms with van der Waals surface area (Å²) in [6.45, 7) is 7.96. The highest BCUT2D eigenvalue weighted by molar-refractivity contribution is 5.99. The predicted molar refractivity (Wildman–Crippen MR) is 329 cm³/mol. The van der Waals surface area contributed by atoms with Crippen LogP contribution in [-0.2, 0) is 64.0 Å². The molecule has 30 nitrogen and oxygen atoms in total. The molecule has 12 atom stereocenters. The normalized spacial score (nSPS) is 21.9. The van der Waals surface area contributed by atoms with Crippen LogP contribution >= 0.6 is 12.4 Å². The summed E-state index contributed by atoms with van der Waals surface area (Å²) in [7, 11) is 0. The second-order valence-electron chi connectivity index (χ2n) is 22.1. The lowest BCUT2D eigenvalue weighted by molar-refractivity contribution is -0.137. The minimum Gasteiger partial charge on any atom is -0.391 e. The fourth-order valence-electron chi connectivity index (χ4n) is 9.25. The lowest BCUT2D eigenvalue weighted by Crippen LogP contribution is -2.62. The maximum Gasteiger partial charge on any atom is 0.245 e. The monoisotopic (exact) mass is 1270 g/mol. The number of hydrogen-bond acceptors (Lipinski definition) is 18. The molecule has 498 valence electrons. The lowest BCUT2D eigenvalue weighted by atomic mass is 10.00. The van der Waals surface area contributed by atoms with Gasteiger partial charge in [-0.2, -0.15) is 0 Å². The van der Waals surface area contributed by atoms with E-state index in [9.17, 15) is 67.7 Å². The zero-order chi connectivity index (χ0) is 65.2.